The Morgan fingerprint density at radius 3 is 3.00 bits per heavy atom. The topological polar surface area (TPSA) is 73.9 Å². The molecular formula is C19H22ClN5OS. The predicted molar refractivity (Wildman–Crippen MR) is 112 cm³/mol. The first-order valence-electron chi connectivity index (χ1n) is 8.77. The summed E-state index contributed by atoms with van der Waals surface area (Å²) < 4.78 is 0. The van der Waals surface area contributed by atoms with E-state index in [2.05, 4.69) is 63.3 Å². The maximum Gasteiger partial charge on any atom is 0.230 e. The third-order valence-electron chi connectivity index (χ3n) is 4.07. The zero-order valence-corrected chi connectivity index (χ0v) is 16.9. The molecule has 0 aliphatic carbocycles. The Morgan fingerprint density at radius 2 is 2.22 bits per heavy atom. The van der Waals surface area contributed by atoms with Crippen LogP contribution >= 0.6 is 23.4 Å². The Balaban J connectivity index is 1.46. The fourth-order valence-corrected chi connectivity index (χ4v) is 3.59. The van der Waals surface area contributed by atoms with Crippen LogP contribution in [0.3, 0.4) is 0 Å². The number of nitrogens with zero attached hydrogens (tertiary/aromatic N) is 3. The molecule has 2 N–H and O–H groups in total. The quantitative estimate of drug-likeness (QED) is 0.561. The number of imidazole rings is 1. The predicted octanol–water partition coefficient (Wildman–Crippen LogP) is 3.65. The van der Waals surface area contributed by atoms with Gasteiger partial charge in [0.1, 0.15) is 0 Å². The molecule has 0 unspecified atom stereocenters. The van der Waals surface area contributed by atoms with Crippen molar-refractivity contribution in [2.24, 2.45) is 0 Å². The van der Waals surface area contributed by atoms with E-state index in [1.165, 1.54) is 23.0 Å². The van der Waals surface area contributed by atoms with Gasteiger partial charge in [0.05, 0.1) is 16.3 Å². The van der Waals surface area contributed by atoms with Crippen molar-refractivity contribution in [1.82, 2.24) is 20.3 Å². The number of aryl methyl sites for hydroxylation is 1. The summed E-state index contributed by atoms with van der Waals surface area (Å²) in [6, 6.07) is 10.2. The standard InChI is InChI=1S/C19H22ClN5OS/c1-3-25(15-6-4-5-13(2)9-15)8-7-21-17(26)12-27-19-23-16-10-14(20)11-22-18(16)24-19/h4-6,9-11H,3,7-8,12H2,1-2H3,(H,21,26)(H,22,23,24). The molecule has 2 aromatic heterocycles. The van der Waals surface area contributed by atoms with Crippen molar-refractivity contribution in [2.75, 3.05) is 30.3 Å². The number of carbonyl (C=O) groups is 1. The normalized spacial score (nSPS) is 10.9. The van der Waals surface area contributed by atoms with Gasteiger partial charge in [0, 0.05) is 31.5 Å². The highest BCUT2D eigenvalue weighted by Crippen LogP contribution is 2.20. The second-order valence-corrected chi connectivity index (χ2v) is 7.52. The summed E-state index contributed by atoms with van der Waals surface area (Å²) in [5.74, 6) is 0.274. The minimum absolute atomic E-state index is 0.0215. The zero-order valence-electron chi connectivity index (χ0n) is 15.3. The van der Waals surface area contributed by atoms with Crippen molar-refractivity contribution < 1.29 is 4.79 Å². The minimum Gasteiger partial charge on any atom is -0.370 e. The Kier molecular flexibility index (Phi) is 6.58. The van der Waals surface area contributed by atoms with Crippen molar-refractivity contribution in [3.05, 3.63) is 47.1 Å². The van der Waals surface area contributed by atoms with Gasteiger partial charge < -0.3 is 15.2 Å². The average molecular weight is 404 g/mol. The highest BCUT2D eigenvalue weighted by molar-refractivity contribution is 7.99. The van der Waals surface area contributed by atoms with E-state index >= 15 is 0 Å². The monoisotopic (exact) mass is 403 g/mol. The van der Waals surface area contributed by atoms with Gasteiger partial charge in [0.15, 0.2) is 10.8 Å². The summed E-state index contributed by atoms with van der Waals surface area (Å²) in [5, 5.41) is 4.17. The molecule has 3 aromatic rings. The van der Waals surface area contributed by atoms with E-state index in [1.54, 1.807) is 12.3 Å². The number of carbonyl (C=O) groups excluding carboxylic acids is 1. The summed E-state index contributed by atoms with van der Waals surface area (Å²) in [6.07, 6.45) is 1.56. The fraction of sp³-hybridized carbons (Fsp3) is 0.316. The Morgan fingerprint density at radius 1 is 1.37 bits per heavy atom. The van der Waals surface area contributed by atoms with Crippen molar-refractivity contribution in [2.45, 2.75) is 19.0 Å². The lowest BCUT2D eigenvalue weighted by molar-refractivity contribution is -0.118. The molecule has 0 spiro atoms. The van der Waals surface area contributed by atoms with Gasteiger partial charge in [-0.05, 0) is 37.6 Å². The van der Waals surface area contributed by atoms with Gasteiger partial charge in [0.25, 0.3) is 0 Å². The number of hydrogen-bond donors (Lipinski definition) is 2. The van der Waals surface area contributed by atoms with Crippen LogP contribution in [0.25, 0.3) is 11.2 Å². The van der Waals surface area contributed by atoms with Crippen LogP contribution in [0.15, 0.2) is 41.7 Å². The molecule has 0 aliphatic heterocycles. The largest absolute Gasteiger partial charge is 0.370 e. The first kappa shape index (κ1) is 19.5. The number of thioether (sulfide) groups is 1. The first-order valence-corrected chi connectivity index (χ1v) is 10.1. The molecular weight excluding hydrogens is 382 g/mol. The maximum atomic E-state index is 12.1. The molecule has 8 heteroatoms. The number of anilines is 1. The number of amides is 1. The molecule has 3 rings (SSSR count). The van der Waals surface area contributed by atoms with Crippen LogP contribution in [0.1, 0.15) is 12.5 Å². The van der Waals surface area contributed by atoms with E-state index in [9.17, 15) is 4.79 Å². The lowest BCUT2D eigenvalue weighted by Gasteiger charge is -2.23. The second kappa shape index (κ2) is 9.10. The summed E-state index contributed by atoms with van der Waals surface area (Å²) in [4.78, 5) is 26.0. The first-order chi connectivity index (χ1) is 13.0. The molecule has 1 aromatic carbocycles. The van der Waals surface area contributed by atoms with Crippen molar-refractivity contribution in [1.29, 1.82) is 0 Å². The second-order valence-electron chi connectivity index (χ2n) is 6.12. The Labute approximate surface area is 167 Å². The number of benzene rings is 1. The van der Waals surface area contributed by atoms with Crippen LogP contribution < -0.4 is 10.2 Å². The molecule has 0 bridgehead atoms. The SMILES string of the molecule is CCN(CCNC(=O)CSc1nc2ncc(Cl)cc2[nH]1)c1cccc(C)c1. The Bertz CT molecular complexity index is 929. The van der Waals surface area contributed by atoms with Crippen LogP contribution in [-0.2, 0) is 4.79 Å². The van der Waals surface area contributed by atoms with E-state index in [1.807, 2.05) is 0 Å². The van der Waals surface area contributed by atoms with Crippen LogP contribution in [0.2, 0.25) is 5.02 Å². The number of fused-ring (bicyclic) bond motifs is 1. The van der Waals surface area contributed by atoms with Crippen LogP contribution in [0.5, 0.6) is 0 Å². The van der Waals surface area contributed by atoms with Crippen molar-refractivity contribution in [3.63, 3.8) is 0 Å². The molecule has 0 saturated heterocycles. The lowest BCUT2D eigenvalue weighted by Crippen LogP contribution is -2.35. The molecule has 6 nitrogen and oxygen atoms in total. The van der Waals surface area contributed by atoms with Gasteiger partial charge in [-0.3, -0.25) is 4.79 Å². The molecule has 0 fully saturated rings. The lowest BCUT2D eigenvalue weighted by atomic mass is 10.2. The van der Waals surface area contributed by atoms with E-state index in [0.29, 0.717) is 28.1 Å². The van der Waals surface area contributed by atoms with Gasteiger partial charge in [-0.15, -0.1) is 0 Å². The highest BCUT2D eigenvalue weighted by atomic mass is 35.5. The fourth-order valence-electron chi connectivity index (χ4n) is 2.73. The van der Waals surface area contributed by atoms with Crippen molar-refractivity contribution >= 4 is 46.1 Å². The van der Waals surface area contributed by atoms with E-state index in [0.717, 1.165) is 18.6 Å². The summed E-state index contributed by atoms with van der Waals surface area (Å²) in [7, 11) is 0. The number of rotatable bonds is 8. The summed E-state index contributed by atoms with van der Waals surface area (Å²) in [6.45, 7) is 6.45. The number of aromatic nitrogens is 3. The number of likely N-dealkylation sites (N-methyl/N-ethyl adjacent to an activating group) is 1. The molecule has 1 amide bonds. The molecule has 0 aliphatic rings. The molecule has 0 atom stereocenters. The number of nitrogens with one attached hydrogen (secondary N) is 2. The third kappa shape index (κ3) is 5.37. The van der Waals surface area contributed by atoms with Gasteiger partial charge in [0.2, 0.25) is 5.91 Å². The van der Waals surface area contributed by atoms with Crippen LogP contribution in [-0.4, -0.2) is 46.2 Å². The zero-order chi connectivity index (χ0) is 19.2. The summed E-state index contributed by atoms with van der Waals surface area (Å²) in [5.41, 5.74) is 3.77. The molecule has 142 valence electrons. The van der Waals surface area contributed by atoms with E-state index in [4.69, 9.17) is 11.6 Å². The van der Waals surface area contributed by atoms with Crippen LogP contribution in [0.4, 0.5) is 5.69 Å². The molecule has 0 radical (unpaired) electrons. The maximum absolute atomic E-state index is 12.1. The number of pyridine rings is 1. The number of hydrogen-bond acceptors (Lipinski definition) is 5. The van der Waals surface area contributed by atoms with Gasteiger partial charge in [-0.1, -0.05) is 35.5 Å². The number of halogens is 1. The molecule has 0 saturated carbocycles. The van der Waals surface area contributed by atoms with Crippen molar-refractivity contribution in [3.8, 4) is 0 Å². The summed E-state index contributed by atoms with van der Waals surface area (Å²) >= 11 is 7.27. The minimum atomic E-state index is -0.0215. The number of aromatic amines is 1. The smallest absolute Gasteiger partial charge is 0.230 e. The molecule has 27 heavy (non-hydrogen) atoms. The van der Waals surface area contributed by atoms with Crippen LogP contribution in [0, 0.1) is 6.92 Å². The van der Waals surface area contributed by atoms with E-state index in [-0.39, 0.29) is 5.91 Å². The van der Waals surface area contributed by atoms with Gasteiger partial charge in [-0.25, -0.2) is 9.97 Å². The third-order valence-corrected chi connectivity index (χ3v) is 5.15. The van der Waals surface area contributed by atoms with Gasteiger partial charge >= 0.3 is 0 Å². The molecule has 2 heterocycles. The van der Waals surface area contributed by atoms with E-state index < -0.39 is 0 Å². The highest BCUT2D eigenvalue weighted by Gasteiger charge is 2.09. The number of H-pyrrole nitrogens is 1. The van der Waals surface area contributed by atoms with Gasteiger partial charge in [-0.2, -0.15) is 0 Å². The average Bonchev–Trinajstić information content (AvgIpc) is 3.05. The Hall–Kier alpha value is -2.25.